The van der Waals surface area contributed by atoms with E-state index in [1.165, 1.54) is 0 Å². The number of fused-ring (bicyclic) bond motifs is 1. The summed E-state index contributed by atoms with van der Waals surface area (Å²) < 4.78 is 0. The Hall–Kier alpha value is -1.03. The van der Waals surface area contributed by atoms with Crippen LogP contribution in [-0.2, 0) is 0 Å². The zero-order chi connectivity index (χ0) is 13.4. The standard InChI is InChI=1S/C14H21N3S/c1-7(2)10-11-14(17-12(15-10)8(3)4)18-13(16-11)9(5)6/h7-9H,1-6H3. The molecular weight excluding hydrogens is 242 g/mol. The van der Waals surface area contributed by atoms with Crippen LogP contribution in [0.1, 0.15) is 75.8 Å². The summed E-state index contributed by atoms with van der Waals surface area (Å²) in [7, 11) is 0. The third-order valence-electron chi connectivity index (χ3n) is 2.88. The average molecular weight is 263 g/mol. The highest BCUT2D eigenvalue weighted by molar-refractivity contribution is 7.18. The fourth-order valence-electron chi connectivity index (χ4n) is 1.78. The van der Waals surface area contributed by atoms with Gasteiger partial charge in [-0.05, 0) is 5.92 Å². The van der Waals surface area contributed by atoms with E-state index in [4.69, 9.17) is 9.97 Å². The second-order valence-electron chi connectivity index (χ2n) is 5.64. The number of rotatable bonds is 3. The van der Waals surface area contributed by atoms with Gasteiger partial charge in [0.15, 0.2) is 0 Å². The first-order chi connectivity index (χ1) is 8.40. The Morgan fingerprint density at radius 1 is 0.778 bits per heavy atom. The van der Waals surface area contributed by atoms with Crippen LogP contribution in [0.25, 0.3) is 10.3 Å². The molecule has 2 rings (SSSR count). The van der Waals surface area contributed by atoms with Crippen molar-refractivity contribution in [2.24, 2.45) is 0 Å². The van der Waals surface area contributed by atoms with Gasteiger partial charge in [-0.1, -0.05) is 52.9 Å². The van der Waals surface area contributed by atoms with E-state index in [0.29, 0.717) is 17.8 Å². The van der Waals surface area contributed by atoms with E-state index < -0.39 is 0 Å². The van der Waals surface area contributed by atoms with Gasteiger partial charge in [0.05, 0.1) is 10.7 Å². The van der Waals surface area contributed by atoms with E-state index in [1.807, 2.05) is 0 Å². The Labute approximate surface area is 113 Å². The summed E-state index contributed by atoms with van der Waals surface area (Å²) in [5.41, 5.74) is 2.09. The summed E-state index contributed by atoms with van der Waals surface area (Å²) in [6.07, 6.45) is 0. The minimum absolute atomic E-state index is 0.358. The second kappa shape index (κ2) is 4.92. The summed E-state index contributed by atoms with van der Waals surface area (Å²) in [5.74, 6) is 2.13. The minimum Gasteiger partial charge on any atom is -0.237 e. The van der Waals surface area contributed by atoms with Gasteiger partial charge in [0.1, 0.15) is 16.2 Å². The first kappa shape index (κ1) is 13.4. The Morgan fingerprint density at radius 3 is 1.94 bits per heavy atom. The maximum atomic E-state index is 4.73. The van der Waals surface area contributed by atoms with E-state index in [-0.39, 0.29) is 0 Å². The number of hydrogen-bond acceptors (Lipinski definition) is 4. The lowest BCUT2D eigenvalue weighted by Crippen LogP contribution is -2.03. The lowest BCUT2D eigenvalue weighted by Gasteiger charge is -2.09. The molecule has 0 atom stereocenters. The van der Waals surface area contributed by atoms with Gasteiger partial charge in [-0.15, -0.1) is 0 Å². The van der Waals surface area contributed by atoms with Crippen LogP contribution in [0.15, 0.2) is 0 Å². The van der Waals surface area contributed by atoms with Crippen LogP contribution in [0.4, 0.5) is 0 Å². The summed E-state index contributed by atoms with van der Waals surface area (Å²) in [6.45, 7) is 12.9. The topological polar surface area (TPSA) is 38.7 Å². The number of thiazole rings is 1. The van der Waals surface area contributed by atoms with Crippen molar-refractivity contribution in [3.63, 3.8) is 0 Å². The molecule has 0 unspecified atom stereocenters. The molecule has 0 aliphatic heterocycles. The van der Waals surface area contributed by atoms with Crippen molar-refractivity contribution in [1.29, 1.82) is 0 Å². The first-order valence-electron chi connectivity index (χ1n) is 6.58. The highest BCUT2D eigenvalue weighted by Gasteiger charge is 2.17. The molecule has 0 aromatic carbocycles. The van der Waals surface area contributed by atoms with Crippen molar-refractivity contribution in [2.75, 3.05) is 0 Å². The highest BCUT2D eigenvalue weighted by Crippen LogP contribution is 2.31. The molecule has 3 nitrogen and oxygen atoms in total. The quantitative estimate of drug-likeness (QED) is 0.820. The lowest BCUT2D eigenvalue weighted by atomic mass is 10.1. The molecule has 2 heterocycles. The van der Waals surface area contributed by atoms with Crippen LogP contribution >= 0.6 is 11.3 Å². The van der Waals surface area contributed by atoms with Crippen LogP contribution < -0.4 is 0 Å². The molecule has 0 aliphatic carbocycles. The maximum absolute atomic E-state index is 4.73. The largest absolute Gasteiger partial charge is 0.237 e. The number of aromatic nitrogens is 3. The van der Waals surface area contributed by atoms with Crippen LogP contribution in [-0.4, -0.2) is 15.0 Å². The molecule has 2 aromatic rings. The minimum atomic E-state index is 0.358. The zero-order valence-corrected chi connectivity index (χ0v) is 12.8. The Bertz CT molecular complexity index is 555. The van der Waals surface area contributed by atoms with Gasteiger partial charge in [-0.3, -0.25) is 0 Å². The third-order valence-corrected chi connectivity index (χ3v) is 4.13. The average Bonchev–Trinajstić information content (AvgIpc) is 2.70. The van der Waals surface area contributed by atoms with Gasteiger partial charge < -0.3 is 0 Å². The molecule has 0 N–H and O–H groups in total. The fourth-order valence-corrected chi connectivity index (χ4v) is 2.74. The van der Waals surface area contributed by atoms with E-state index in [0.717, 1.165) is 26.9 Å². The van der Waals surface area contributed by atoms with Gasteiger partial charge >= 0.3 is 0 Å². The second-order valence-corrected chi connectivity index (χ2v) is 6.65. The Balaban J connectivity index is 2.69. The van der Waals surface area contributed by atoms with Gasteiger partial charge in [0, 0.05) is 11.8 Å². The predicted molar refractivity (Wildman–Crippen MR) is 77.5 cm³/mol. The molecule has 0 bridgehead atoms. The molecule has 0 saturated carbocycles. The molecular formula is C14H21N3S. The summed E-state index contributed by atoms with van der Waals surface area (Å²) >= 11 is 1.71. The molecule has 0 spiro atoms. The van der Waals surface area contributed by atoms with Gasteiger partial charge in [0.25, 0.3) is 0 Å². The Morgan fingerprint density at radius 2 is 1.44 bits per heavy atom. The van der Waals surface area contributed by atoms with Crippen molar-refractivity contribution < 1.29 is 0 Å². The molecule has 98 valence electrons. The van der Waals surface area contributed by atoms with Crippen molar-refractivity contribution in [3.8, 4) is 0 Å². The van der Waals surface area contributed by atoms with Crippen LogP contribution in [0.2, 0.25) is 0 Å². The van der Waals surface area contributed by atoms with Gasteiger partial charge in [-0.2, -0.15) is 0 Å². The van der Waals surface area contributed by atoms with Crippen LogP contribution in [0, 0.1) is 0 Å². The molecule has 0 aliphatic rings. The predicted octanol–water partition coefficient (Wildman–Crippen LogP) is 4.46. The van der Waals surface area contributed by atoms with E-state index >= 15 is 0 Å². The van der Waals surface area contributed by atoms with Crippen LogP contribution in [0.5, 0.6) is 0 Å². The maximum Gasteiger partial charge on any atom is 0.147 e. The Kier molecular flexibility index (Phi) is 3.66. The van der Waals surface area contributed by atoms with Crippen molar-refractivity contribution in [3.05, 3.63) is 16.5 Å². The SMILES string of the molecule is CC(C)c1nc(C(C)C)c2nc(C(C)C)sc2n1. The smallest absolute Gasteiger partial charge is 0.147 e. The molecule has 0 radical (unpaired) electrons. The summed E-state index contributed by atoms with van der Waals surface area (Å²) in [6, 6.07) is 0. The normalized spacial score (nSPS) is 12.3. The van der Waals surface area contributed by atoms with E-state index in [1.54, 1.807) is 11.3 Å². The fraction of sp³-hybridized carbons (Fsp3) is 0.643. The lowest BCUT2D eigenvalue weighted by molar-refractivity contribution is 0.741. The van der Waals surface area contributed by atoms with Gasteiger partial charge in [-0.25, -0.2) is 15.0 Å². The number of nitrogens with zero attached hydrogens (tertiary/aromatic N) is 3. The van der Waals surface area contributed by atoms with Crippen LogP contribution in [0.3, 0.4) is 0 Å². The molecule has 0 saturated heterocycles. The summed E-state index contributed by atoms with van der Waals surface area (Å²) in [4.78, 5) is 15.1. The molecule has 0 fully saturated rings. The van der Waals surface area contributed by atoms with Gasteiger partial charge in [0.2, 0.25) is 0 Å². The molecule has 2 aromatic heterocycles. The third kappa shape index (κ3) is 2.39. The monoisotopic (exact) mass is 263 g/mol. The van der Waals surface area contributed by atoms with Crippen molar-refractivity contribution in [2.45, 2.75) is 59.3 Å². The van der Waals surface area contributed by atoms with Crippen molar-refractivity contribution in [1.82, 2.24) is 15.0 Å². The van der Waals surface area contributed by atoms with E-state index in [2.05, 4.69) is 46.5 Å². The molecule has 18 heavy (non-hydrogen) atoms. The highest BCUT2D eigenvalue weighted by atomic mass is 32.1. The number of hydrogen-bond donors (Lipinski definition) is 0. The van der Waals surface area contributed by atoms with E-state index in [9.17, 15) is 0 Å². The summed E-state index contributed by atoms with van der Waals surface area (Å²) in [5, 5.41) is 1.15. The zero-order valence-electron chi connectivity index (χ0n) is 12.0. The molecule has 0 amide bonds. The van der Waals surface area contributed by atoms with Crippen molar-refractivity contribution >= 4 is 21.7 Å². The molecule has 4 heteroatoms. The first-order valence-corrected chi connectivity index (χ1v) is 7.40.